The number of nitro groups is 1. The molecule has 29 heavy (non-hydrogen) atoms. The molecule has 2 amide bonds. The number of piperazine rings is 1. The molecule has 1 fully saturated rings. The summed E-state index contributed by atoms with van der Waals surface area (Å²) in [6.07, 6.45) is 2.71. The number of carbonyl (C=O) groups is 2. The first kappa shape index (κ1) is 22.6. The standard InChI is InChI=1S/C21H32N4O4/c1-5-7-10-24(16(3)6-2)21(27)18-8-9-19(20(15-18)25(28)29)23-13-11-22(12-14-23)17(4)26/h8-9,15-16H,5-7,10-14H2,1-4H3. The van der Waals surface area contributed by atoms with Crippen LogP contribution in [0.15, 0.2) is 18.2 Å². The Labute approximate surface area is 172 Å². The van der Waals surface area contributed by atoms with Crippen LogP contribution in [0.3, 0.4) is 0 Å². The van der Waals surface area contributed by atoms with Crippen LogP contribution < -0.4 is 4.90 Å². The lowest BCUT2D eigenvalue weighted by Gasteiger charge is -2.35. The van der Waals surface area contributed by atoms with Crippen molar-refractivity contribution in [1.82, 2.24) is 9.80 Å². The maximum atomic E-state index is 13.1. The lowest BCUT2D eigenvalue weighted by molar-refractivity contribution is -0.384. The van der Waals surface area contributed by atoms with Crippen LogP contribution in [0.5, 0.6) is 0 Å². The maximum Gasteiger partial charge on any atom is 0.293 e. The monoisotopic (exact) mass is 404 g/mol. The van der Waals surface area contributed by atoms with Crippen molar-refractivity contribution >= 4 is 23.2 Å². The molecule has 1 aliphatic rings. The molecule has 0 spiro atoms. The quantitative estimate of drug-likeness (QED) is 0.490. The van der Waals surface area contributed by atoms with E-state index in [1.807, 2.05) is 23.6 Å². The lowest BCUT2D eigenvalue weighted by Crippen LogP contribution is -2.48. The molecule has 1 aliphatic heterocycles. The van der Waals surface area contributed by atoms with Crippen LogP contribution in [0.25, 0.3) is 0 Å². The van der Waals surface area contributed by atoms with Gasteiger partial charge in [0.2, 0.25) is 5.91 Å². The smallest absolute Gasteiger partial charge is 0.293 e. The Morgan fingerprint density at radius 3 is 2.38 bits per heavy atom. The molecule has 0 bridgehead atoms. The van der Waals surface area contributed by atoms with E-state index in [9.17, 15) is 19.7 Å². The summed E-state index contributed by atoms with van der Waals surface area (Å²) in [6.45, 7) is 10.4. The largest absolute Gasteiger partial charge is 0.362 e. The average Bonchev–Trinajstić information content (AvgIpc) is 2.73. The van der Waals surface area contributed by atoms with Crippen molar-refractivity contribution in [3.63, 3.8) is 0 Å². The van der Waals surface area contributed by atoms with Crippen LogP contribution in [0.2, 0.25) is 0 Å². The number of unbranched alkanes of at least 4 members (excludes halogenated alkanes) is 1. The molecular formula is C21H32N4O4. The highest BCUT2D eigenvalue weighted by molar-refractivity contribution is 5.96. The third-order valence-corrected chi connectivity index (χ3v) is 5.62. The molecule has 1 aromatic carbocycles. The van der Waals surface area contributed by atoms with Crippen molar-refractivity contribution in [3.05, 3.63) is 33.9 Å². The van der Waals surface area contributed by atoms with Gasteiger partial charge in [-0.25, -0.2) is 0 Å². The topological polar surface area (TPSA) is 87.0 Å². The summed E-state index contributed by atoms with van der Waals surface area (Å²) in [7, 11) is 0. The van der Waals surface area contributed by atoms with Gasteiger partial charge in [-0.2, -0.15) is 0 Å². The normalized spacial score (nSPS) is 15.2. The maximum absolute atomic E-state index is 13.1. The third-order valence-electron chi connectivity index (χ3n) is 5.62. The molecule has 160 valence electrons. The van der Waals surface area contributed by atoms with Crippen molar-refractivity contribution in [1.29, 1.82) is 0 Å². The Bertz CT molecular complexity index is 744. The average molecular weight is 405 g/mol. The van der Waals surface area contributed by atoms with E-state index in [2.05, 4.69) is 6.92 Å². The van der Waals surface area contributed by atoms with Crippen LogP contribution >= 0.6 is 0 Å². The Kier molecular flexibility index (Phi) is 7.99. The number of rotatable bonds is 8. The number of benzene rings is 1. The Morgan fingerprint density at radius 1 is 1.21 bits per heavy atom. The molecule has 0 N–H and O–H groups in total. The summed E-state index contributed by atoms with van der Waals surface area (Å²) in [4.78, 5) is 41.4. The predicted octanol–water partition coefficient (Wildman–Crippen LogP) is 3.30. The highest BCUT2D eigenvalue weighted by atomic mass is 16.6. The molecule has 8 heteroatoms. The lowest BCUT2D eigenvalue weighted by atomic mass is 10.1. The van der Waals surface area contributed by atoms with Crippen LogP contribution in [-0.4, -0.2) is 65.3 Å². The highest BCUT2D eigenvalue weighted by Gasteiger charge is 2.27. The van der Waals surface area contributed by atoms with Crippen LogP contribution in [0.4, 0.5) is 11.4 Å². The van der Waals surface area contributed by atoms with Gasteiger partial charge < -0.3 is 14.7 Å². The first-order valence-corrected chi connectivity index (χ1v) is 10.4. The fourth-order valence-electron chi connectivity index (χ4n) is 3.57. The molecule has 8 nitrogen and oxygen atoms in total. The van der Waals surface area contributed by atoms with Crippen molar-refractivity contribution in [2.24, 2.45) is 0 Å². The van der Waals surface area contributed by atoms with Gasteiger partial charge in [0.1, 0.15) is 5.69 Å². The van der Waals surface area contributed by atoms with Gasteiger partial charge in [0.25, 0.3) is 11.6 Å². The van der Waals surface area contributed by atoms with Crippen LogP contribution in [0.1, 0.15) is 57.3 Å². The fraction of sp³-hybridized carbons (Fsp3) is 0.619. The van der Waals surface area contributed by atoms with Gasteiger partial charge in [-0.05, 0) is 31.9 Å². The molecule has 0 aromatic heterocycles. The summed E-state index contributed by atoms with van der Waals surface area (Å²) in [6, 6.07) is 4.83. The number of nitro benzene ring substituents is 1. The van der Waals surface area contributed by atoms with E-state index in [1.165, 1.54) is 13.0 Å². The Morgan fingerprint density at radius 2 is 1.86 bits per heavy atom. The van der Waals surface area contributed by atoms with E-state index in [1.54, 1.807) is 17.0 Å². The van der Waals surface area contributed by atoms with E-state index in [-0.39, 0.29) is 23.5 Å². The Hall–Kier alpha value is -2.64. The van der Waals surface area contributed by atoms with E-state index in [4.69, 9.17) is 0 Å². The predicted molar refractivity (Wildman–Crippen MR) is 113 cm³/mol. The van der Waals surface area contributed by atoms with Gasteiger partial charge in [0, 0.05) is 57.3 Å². The van der Waals surface area contributed by atoms with Gasteiger partial charge in [-0.3, -0.25) is 19.7 Å². The van der Waals surface area contributed by atoms with Gasteiger partial charge in [-0.1, -0.05) is 20.3 Å². The molecule has 0 radical (unpaired) electrons. The van der Waals surface area contributed by atoms with Crippen molar-refractivity contribution in [2.45, 2.75) is 53.0 Å². The molecule has 1 aromatic rings. The zero-order valence-electron chi connectivity index (χ0n) is 17.9. The van der Waals surface area contributed by atoms with Gasteiger partial charge >= 0.3 is 0 Å². The summed E-state index contributed by atoms with van der Waals surface area (Å²) in [5.41, 5.74) is 0.782. The zero-order valence-corrected chi connectivity index (χ0v) is 17.9. The van der Waals surface area contributed by atoms with Gasteiger partial charge in [0.15, 0.2) is 0 Å². The molecule has 2 rings (SSSR count). The third kappa shape index (κ3) is 5.46. The van der Waals surface area contributed by atoms with Crippen LogP contribution in [-0.2, 0) is 4.79 Å². The fourth-order valence-corrected chi connectivity index (χ4v) is 3.57. The molecular weight excluding hydrogens is 372 g/mol. The van der Waals surface area contributed by atoms with E-state index in [0.717, 1.165) is 19.3 Å². The minimum absolute atomic E-state index is 0.0114. The minimum atomic E-state index is -0.427. The second-order valence-corrected chi connectivity index (χ2v) is 7.56. The summed E-state index contributed by atoms with van der Waals surface area (Å²) >= 11 is 0. The Balaban J connectivity index is 2.27. The molecule has 1 heterocycles. The minimum Gasteiger partial charge on any atom is -0.362 e. The first-order valence-electron chi connectivity index (χ1n) is 10.4. The number of nitrogens with zero attached hydrogens (tertiary/aromatic N) is 4. The van der Waals surface area contributed by atoms with E-state index < -0.39 is 4.92 Å². The van der Waals surface area contributed by atoms with Gasteiger partial charge in [-0.15, -0.1) is 0 Å². The second-order valence-electron chi connectivity index (χ2n) is 7.56. The van der Waals surface area contributed by atoms with E-state index >= 15 is 0 Å². The van der Waals surface area contributed by atoms with Crippen molar-refractivity contribution in [2.75, 3.05) is 37.6 Å². The number of anilines is 1. The summed E-state index contributed by atoms with van der Waals surface area (Å²) in [5.74, 6) is -0.152. The number of carbonyl (C=O) groups excluding carboxylic acids is 2. The number of hydrogen-bond donors (Lipinski definition) is 0. The number of amides is 2. The molecule has 0 aliphatic carbocycles. The van der Waals surface area contributed by atoms with Crippen molar-refractivity contribution in [3.8, 4) is 0 Å². The zero-order chi connectivity index (χ0) is 21.6. The summed E-state index contributed by atoms with van der Waals surface area (Å²) < 4.78 is 0. The first-order chi connectivity index (χ1) is 13.8. The van der Waals surface area contributed by atoms with Gasteiger partial charge in [0.05, 0.1) is 4.92 Å². The van der Waals surface area contributed by atoms with Crippen molar-refractivity contribution < 1.29 is 14.5 Å². The van der Waals surface area contributed by atoms with Crippen LogP contribution in [0, 0.1) is 10.1 Å². The summed E-state index contributed by atoms with van der Waals surface area (Å²) in [5, 5.41) is 11.7. The molecule has 1 saturated heterocycles. The van der Waals surface area contributed by atoms with E-state index in [0.29, 0.717) is 44.0 Å². The SMILES string of the molecule is CCCCN(C(=O)c1ccc(N2CCN(C(C)=O)CC2)c([N+](=O)[O-])c1)C(C)CC. The number of hydrogen-bond acceptors (Lipinski definition) is 5. The molecule has 1 atom stereocenters. The molecule has 0 saturated carbocycles. The highest BCUT2D eigenvalue weighted by Crippen LogP contribution is 2.31. The second kappa shape index (κ2) is 10.2. The molecule has 1 unspecified atom stereocenters.